The first-order chi connectivity index (χ1) is 14.6. The number of allylic oxidation sites excluding steroid dienone is 2. The van der Waals surface area contributed by atoms with Crippen LogP contribution >= 0.6 is 0 Å². The van der Waals surface area contributed by atoms with Gasteiger partial charge >= 0.3 is 0 Å². The Bertz CT molecular complexity index is 611. The lowest BCUT2D eigenvalue weighted by Crippen LogP contribution is -2.24. The number of nitro benzene ring substituents is 1. The molecular formula is C25H40N2O3. The zero-order valence-electron chi connectivity index (χ0n) is 18.7. The number of benzene rings is 1. The van der Waals surface area contributed by atoms with Crippen molar-refractivity contribution in [2.45, 2.75) is 96.8 Å². The number of nitrogens with one attached hydrogen (secondary N) is 1. The fourth-order valence-corrected chi connectivity index (χ4v) is 3.41. The molecule has 0 aliphatic rings. The molecule has 0 saturated heterocycles. The molecule has 0 saturated carbocycles. The minimum atomic E-state index is -0.464. The highest BCUT2D eigenvalue weighted by Gasteiger charge is 2.08. The Morgan fingerprint density at radius 1 is 0.833 bits per heavy atom. The molecule has 1 N–H and O–H groups in total. The highest BCUT2D eigenvalue weighted by molar-refractivity contribution is 5.94. The first-order valence-corrected chi connectivity index (χ1v) is 11.8. The van der Waals surface area contributed by atoms with Crippen molar-refractivity contribution in [2.24, 2.45) is 0 Å². The average molecular weight is 417 g/mol. The monoisotopic (exact) mass is 416 g/mol. The quantitative estimate of drug-likeness (QED) is 0.118. The molecule has 1 amide bonds. The molecular weight excluding hydrogens is 376 g/mol. The van der Waals surface area contributed by atoms with E-state index >= 15 is 0 Å². The third-order valence-corrected chi connectivity index (χ3v) is 5.31. The highest BCUT2D eigenvalue weighted by atomic mass is 16.6. The molecule has 0 radical (unpaired) electrons. The van der Waals surface area contributed by atoms with Crippen LogP contribution in [0.15, 0.2) is 36.4 Å². The van der Waals surface area contributed by atoms with E-state index in [1.54, 1.807) is 0 Å². The molecule has 5 heteroatoms. The van der Waals surface area contributed by atoms with Crippen LogP contribution < -0.4 is 5.32 Å². The third kappa shape index (κ3) is 13.1. The van der Waals surface area contributed by atoms with Gasteiger partial charge < -0.3 is 5.32 Å². The largest absolute Gasteiger partial charge is 0.352 e. The van der Waals surface area contributed by atoms with Crippen LogP contribution in [0.3, 0.4) is 0 Å². The van der Waals surface area contributed by atoms with Crippen LogP contribution in [-0.4, -0.2) is 17.4 Å². The van der Waals surface area contributed by atoms with Gasteiger partial charge in [-0.3, -0.25) is 14.9 Å². The molecule has 168 valence electrons. The van der Waals surface area contributed by atoms with Gasteiger partial charge in [0.1, 0.15) is 0 Å². The van der Waals surface area contributed by atoms with Gasteiger partial charge in [-0.25, -0.2) is 0 Å². The van der Waals surface area contributed by atoms with Gasteiger partial charge in [0.15, 0.2) is 0 Å². The number of nitrogens with zero attached hydrogens (tertiary/aromatic N) is 1. The molecule has 0 spiro atoms. The van der Waals surface area contributed by atoms with E-state index < -0.39 is 4.92 Å². The minimum Gasteiger partial charge on any atom is -0.352 e. The first kappa shape index (κ1) is 25.9. The lowest BCUT2D eigenvalue weighted by molar-refractivity contribution is -0.384. The van der Waals surface area contributed by atoms with Crippen LogP contribution in [0, 0.1) is 10.1 Å². The van der Waals surface area contributed by atoms with Gasteiger partial charge in [-0.1, -0.05) is 76.9 Å². The number of amides is 1. The standard InChI is InChI=1S/C25H40N2O3/c1-2-3-4-5-6-7-8-9-10-11-12-13-14-15-16-17-22-26-25(28)23-18-20-24(21-19-23)27(29)30/h9-10,18-21H,2-8,11-17,22H2,1H3,(H,26,28)/b10-9-. The number of hydrogen-bond donors (Lipinski definition) is 1. The second-order valence-corrected chi connectivity index (χ2v) is 8.00. The van der Waals surface area contributed by atoms with Crippen molar-refractivity contribution < 1.29 is 9.72 Å². The van der Waals surface area contributed by atoms with Crippen molar-refractivity contribution in [2.75, 3.05) is 6.54 Å². The maximum atomic E-state index is 12.0. The van der Waals surface area contributed by atoms with Crippen LogP contribution in [0.25, 0.3) is 0 Å². The van der Waals surface area contributed by atoms with Crippen LogP contribution in [0.5, 0.6) is 0 Å². The maximum absolute atomic E-state index is 12.0. The van der Waals surface area contributed by atoms with Gasteiger partial charge in [-0.15, -0.1) is 0 Å². The Kier molecular flexibility index (Phi) is 15.2. The van der Waals surface area contributed by atoms with Gasteiger partial charge in [0.25, 0.3) is 11.6 Å². The summed E-state index contributed by atoms with van der Waals surface area (Å²) in [6.45, 7) is 2.91. The molecule has 30 heavy (non-hydrogen) atoms. The minimum absolute atomic E-state index is 0.000143. The predicted octanol–water partition coefficient (Wildman–Crippen LogP) is 7.36. The summed E-state index contributed by atoms with van der Waals surface area (Å²) in [5, 5.41) is 13.5. The Morgan fingerprint density at radius 2 is 1.33 bits per heavy atom. The number of rotatable bonds is 18. The highest BCUT2D eigenvalue weighted by Crippen LogP contribution is 2.12. The Morgan fingerprint density at radius 3 is 1.87 bits per heavy atom. The summed E-state index contributed by atoms with van der Waals surface area (Å²) in [5.74, 6) is -0.169. The number of unbranched alkanes of at least 4 members (excludes halogenated alkanes) is 12. The smallest absolute Gasteiger partial charge is 0.269 e. The summed E-state index contributed by atoms with van der Waals surface area (Å²) in [7, 11) is 0. The van der Waals surface area contributed by atoms with Crippen molar-refractivity contribution in [1.29, 1.82) is 0 Å². The summed E-state index contributed by atoms with van der Waals surface area (Å²) < 4.78 is 0. The summed E-state index contributed by atoms with van der Waals surface area (Å²) in [4.78, 5) is 22.2. The number of non-ortho nitro benzene ring substituents is 1. The molecule has 0 aliphatic heterocycles. The summed E-state index contributed by atoms with van der Waals surface area (Å²) in [5.41, 5.74) is 0.463. The van der Waals surface area contributed by atoms with E-state index in [1.165, 1.54) is 101 Å². The van der Waals surface area contributed by atoms with E-state index in [-0.39, 0.29) is 11.6 Å². The van der Waals surface area contributed by atoms with Gasteiger partial charge in [0.2, 0.25) is 0 Å². The number of carbonyl (C=O) groups is 1. The molecule has 1 aromatic carbocycles. The molecule has 0 heterocycles. The van der Waals surface area contributed by atoms with E-state index in [0.29, 0.717) is 12.1 Å². The van der Waals surface area contributed by atoms with Crippen LogP contribution in [-0.2, 0) is 0 Å². The topological polar surface area (TPSA) is 72.2 Å². The normalized spacial score (nSPS) is 11.1. The van der Waals surface area contributed by atoms with Crippen molar-refractivity contribution in [1.82, 2.24) is 5.32 Å². The zero-order valence-corrected chi connectivity index (χ0v) is 18.7. The fraction of sp³-hybridized carbons (Fsp3) is 0.640. The maximum Gasteiger partial charge on any atom is 0.269 e. The lowest BCUT2D eigenvalue weighted by Gasteiger charge is -2.05. The van der Waals surface area contributed by atoms with Gasteiger partial charge in [-0.05, 0) is 44.2 Å². The van der Waals surface area contributed by atoms with E-state index in [0.717, 1.165) is 12.8 Å². The second kappa shape index (κ2) is 17.7. The number of nitro groups is 1. The molecule has 0 fully saturated rings. The van der Waals surface area contributed by atoms with E-state index in [9.17, 15) is 14.9 Å². The summed E-state index contributed by atoms with van der Waals surface area (Å²) in [6, 6.07) is 5.71. The molecule has 0 aromatic heterocycles. The van der Waals surface area contributed by atoms with E-state index in [4.69, 9.17) is 0 Å². The molecule has 0 bridgehead atoms. The fourth-order valence-electron chi connectivity index (χ4n) is 3.41. The van der Waals surface area contributed by atoms with Crippen LogP contribution in [0.1, 0.15) is 107 Å². The molecule has 1 rings (SSSR count). The average Bonchev–Trinajstić information content (AvgIpc) is 2.75. The van der Waals surface area contributed by atoms with Crippen molar-refractivity contribution in [3.63, 3.8) is 0 Å². The van der Waals surface area contributed by atoms with E-state index in [1.807, 2.05) is 0 Å². The molecule has 0 atom stereocenters. The van der Waals surface area contributed by atoms with Crippen molar-refractivity contribution >= 4 is 11.6 Å². The van der Waals surface area contributed by atoms with E-state index in [2.05, 4.69) is 24.4 Å². The molecule has 1 aromatic rings. The van der Waals surface area contributed by atoms with Crippen LogP contribution in [0.2, 0.25) is 0 Å². The number of carbonyl (C=O) groups excluding carboxylic acids is 1. The third-order valence-electron chi connectivity index (χ3n) is 5.31. The first-order valence-electron chi connectivity index (χ1n) is 11.8. The summed E-state index contributed by atoms with van der Waals surface area (Å²) >= 11 is 0. The Labute approximate surface area is 182 Å². The Balaban J connectivity index is 1.90. The van der Waals surface area contributed by atoms with Gasteiger partial charge in [-0.2, -0.15) is 0 Å². The van der Waals surface area contributed by atoms with Crippen LogP contribution in [0.4, 0.5) is 5.69 Å². The van der Waals surface area contributed by atoms with Crippen molar-refractivity contribution in [3.05, 3.63) is 52.1 Å². The summed E-state index contributed by atoms with van der Waals surface area (Å²) in [6.07, 6.45) is 22.4. The lowest BCUT2D eigenvalue weighted by atomic mass is 10.1. The molecule has 0 aliphatic carbocycles. The predicted molar refractivity (Wildman–Crippen MR) is 125 cm³/mol. The molecule has 5 nitrogen and oxygen atoms in total. The molecule has 0 unspecified atom stereocenters. The van der Waals surface area contributed by atoms with Gasteiger partial charge in [0, 0.05) is 24.2 Å². The van der Waals surface area contributed by atoms with Crippen molar-refractivity contribution in [3.8, 4) is 0 Å². The number of hydrogen-bond acceptors (Lipinski definition) is 3. The van der Waals surface area contributed by atoms with Gasteiger partial charge in [0.05, 0.1) is 4.92 Å². The second-order valence-electron chi connectivity index (χ2n) is 8.00. The SMILES string of the molecule is CCCCCCCC/C=C\CCCCCCCCNC(=O)c1ccc([N+](=O)[O-])cc1. The zero-order chi connectivity index (χ0) is 21.9. The Hall–Kier alpha value is -2.17.